The first-order chi connectivity index (χ1) is 5.95. The van der Waals surface area contributed by atoms with Gasteiger partial charge in [-0.05, 0) is 19.4 Å². The summed E-state index contributed by atoms with van der Waals surface area (Å²) < 4.78 is 0. The number of rotatable bonds is 2. The second-order valence-corrected chi connectivity index (χ2v) is 3.71. The average Bonchev–Trinajstić information content (AvgIpc) is 2.26. The fourth-order valence-electron chi connectivity index (χ4n) is 1.18. The molecule has 0 aromatic carbocycles. The molecular weight excluding hydrogens is 190 g/mol. The lowest BCUT2D eigenvalue weighted by molar-refractivity contribution is 0.0701. The first-order valence-electron chi connectivity index (χ1n) is 3.58. The summed E-state index contributed by atoms with van der Waals surface area (Å²) in [5.41, 5.74) is 6.31. The molecule has 0 fully saturated rings. The number of ketones is 1. The van der Waals surface area contributed by atoms with Crippen molar-refractivity contribution < 1.29 is 14.7 Å². The lowest BCUT2D eigenvalue weighted by atomic mass is 10.1. The van der Waals surface area contributed by atoms with Gasteiger partial charge in [-0.2, -0.15) is 0 Å². The predicted molar refractivity (Wildman–Crippen MR) is 50.4 cm³/mol. The maximum atomic E-state index is 11.1. The molecule has 0 aliphatic rings. The Morgan fingerprint density at radius 2 is 2.00 bits per heavy atom. The molecule has 0 aliphatic heterocycles. The smallest absolute Gasteiger partial charge is 0.346 e. The van der Waals surface area contributed by atoms with Gasteiger partial charge in [-0.1, -0.05) is 0 Å². The van der Waals surface area contributed by atoms with Crippen LogP contribution in [-0.4, -0.2) is 16.9 Å². The number of nitrogens with two attached hydrogens (primary N) is 1. The number of anilines is 1. The number of thiophene rings is 1. The number of nitrogen functional groups attached to an aromatic ring is 1. The van der Waals surface area contributed by atoms with Crippen molar-refractivity contribution in [3.63, 3.8) is 0 Å². The Labute approximate surface area is 79.0 Å². The maximum absolute atomic E-state index is 11.1. The van der Waals surface area contributed by atoms with Crippen molar-refractivity contribution in [3.8, 4) is 0 Å². The van der Waals surface area contributed by atoms with Gasteiger partial charge >= 0.3 is 5.97 Å². The zero-order valence-electron chi connectivity index (χ0n) is 7.25. The van der Waals surface area contributed by atoms with Crippen LogP contribution < -0.4 is 5.73 Å². The summed E-state index contributed by atoms with van der Waals surface area (Å²) in [5.74, 6) is -1.24. The first kappa shape index (κ1) is 9.73. The number of carboxylic acid groups (broad SMARTS) is 1. The van der Waals surface area contributed by atoms with Crippen LogP contribution in [0.5, 0.6) is 0 Å². The molecule has 5 heteroatoms. The van der Waals surface area contributed by atoms with E-state index in [1.807, 2.05) is 0 Å². The summed E-state index contributed by atoms with van der Waals surface area (Å²) in [7, 11) is 0. The van der Waals surface area contributed by atoms with Crippen LogP contribution in [-0.2, 0) is 0 Å². The fourth-order valence-corrected chi connectivity index (χ4v) is 2.14. The van der Waals surface area contributed by atoms with Crippen LogP contribution in [0.4, 0.5) is 5.00 Å². The number of hydrogen-bond acceptors (Lipinski definition) is 4. The summed E-state index contributed by atoms with van der Waals surface area (Å²) in [4.78, 5) is 21.9. The highest BCUT2D eigenvalue weighted by atomic mass is 32.1. The van der Waals surface area contributed by atoms with E-state index in [4.69, 9.17) is 10.8 Å². The van der Waals surface area contributed by atoms with Crippen molar-refractivity contribution in [3.05, 3.63) is 16.0 Å². The average molecular weight is 199 g/mol. The molecule has 70 valence electrons. The van der Waals surface area contributed by atoms with E-state index in [0.29, 0.717) is 11.1 Å². The molecule has 0 aliphatic carbocycles. The molecule has 0 spiro atoms. The molecule has 0 radical (unpaired) electrons. The molecule has 0 bridgehead atoms. The Hall–Kier alpha value is -1.36. The summed E-state index contributed by atoms with van der Waals surface area (Å²) >= 11 is 0.935. The summed E-state index contributed by atoms with van der Waals surface area (Å²) in [6.07, 6.45) is 0. The number of carbonyl (C=O) groups is 2. The van der Waals surface area contributed by atoms with Crippen molar-refractivity contribution in [2.24, 2.45) is 0 Å². The van der Waals surface area contributed by atoms with Gasteiger partial charge in [-0.25, -0.2) is 4.79 Å². The SMILES string of the molecule is CC(=O)c1c(N)sc(C(=O)O)c1C. The molecule has 1 heterocycles. The molecule has 0 amide bonds. The predicted octanol–water partition coefficient (Wildman–Crippen LogP) is 1.54. The Morgan fingerprint density at radius 1 is 1.46 bits per heavy atom. The number of Topliss-reactive ketones (excluding diaryl/α,β-unsaturated/α-hetero) is 1. The zero-order chi connectivity index (χ0) is 10.2. The third-order valence-electron chi connectivity index (χ3n) is 1.72. The van der Waals surface area contributed by atoms with Gasteiger partial charge < -0.3 is 10.8 Å². The summed E-state index contributed by atoms with van der Waals surface area (Å²) in [6, 6.07) is 0. The number of hydrogen-bond donors (Lipinski definition) is 2. The Balaban J connectivity index is 3.39. The van der Waals surface area contributed by atoms with Crippen LogP contribution in [0.3, 0.4) is 0 Å². The van der Waals surface area contributed by atoms with Crippen molar-refractivity contribution >= 4 is 28.1 Å². The van der Waals surface area contributed by atoms with E-state index in [0.717, 1.165) is 11.3 Å². The zero-order valence-corrected chi connectivity index (χ0v) is 8.07. The van der Waals surface area contributed by atoms with Crippen LogP contribution in [0.15, 0.2) is 0 Å². The van der Waals surface area contributed by atoms with E-state index in [1.165, 1.54) is 6.92 Å². The minimum absolute atomic E-state index is 0.141. The van der Waals surface area contributed by atoms with E-state index in [2.05, 4.69) is 0 Å². The second kappa shape index (κ2) is 3.18. The van der Waals surface area contributed by atoms with Crippen molar-refractivity contribution in [2.75, 3.05) is 5.73 Å². The van der Waals surface area contributed by atoms with Crippen LogP contribution >= 0.6 is 11.3 Å². The quantitative estimate of drug-likeness (QED) is 0.708. The van der Waals surface area contributed by atoms with Gasteiger partial charge in [0, 0.05) is 0 Å². The normalized spacial score (nSPS) is 10.0. The Bertz CT molecular complexity index is 381. The molecule has 3 N–H and O–H groups in total. The molecule has 0 saturated heterocycles. The minimum Gasteiger partial charge on any atom is -0.477 e. The van der Waals surface area contributed by atoms with E-state index < -0.39 is 5.97 Å². The monoisotopic (exact) mass is 199 g/mol. The van der Waals surface area contributed by atoms with Gasteiger partial charge in [0.1, 0.15) is 4.88 Å². The van der Waals surface area contributed by atoms with E-state index in [9.17, 15) is 9.59 Å². The largest absolute Gasteiger partial charge is 0.477 e. The van der Waals surface area contributed by atoms with Crippen molar-refractivity contribution in [1.82, 2.24) is 0 Å². The highest BCUT2D eigenvalue weighted by Crippen LogP contribution is 2.30. The highest BCUT2D eigenvalue weighted by molar-refractivity contribution is 7.18. The minimum atomic E-state index is -1.04. The number of aromatic carboxylic acids is 1. The third-order valence-corrected chi connectivity index (χ3v) is 2.83. The molecule has 0 saturated carbocycles. The van der Waals surface area contributed by atoms with Gasteiger partial charge in [0.15, 0.2) is 5.78 Å². The summed E-state index contributed by atoms with van der Waals surface area (Å²) in [6.45, 7) is 2.96. The van der Waals surface area contributed by atoms with Gasteiger partial charge in [-0.3, -0.25) is 4.79 Å². The highest BCUT2D eigenvalue weighted by Gasteiger charge is 2.20. The van der Waals surface area contributed by atoms with E-state index in [1.54, 1.807) is 6.92 Å². The van der Waals surface area contributed by atoms with Crippen molar-refractivity contribution in [2.45, 2.75) is 13.8 Å². The van der Waals surface area contributed by atoms with Crippen LogP contribution in [0, 0.1) is 6.92 Å². The third kappa shape index (κ3) is 1.55. The van der Waals surface area contributed by atoms with Crippen LogP contribution in [0.2, 0.25) is 0 Å². The molecule has 0 atom stereocenters. The molecule has 4 nitrogen and oxygen atoms in total. The first-order valence-corrected chi connectivity index (χ1v) is 4.40. The van der Waals surface area contributed by atoms with Crippen LogP contribution in [0.25, 0.3) is 0 Å². The Kier molecular flexibility index (Phi) is 2.38. The van der Waals surface area contributed by atoms with Gasteiger partial charge in [0.25, 0.3) is 0 Å². The van der Waals surface area contributed by atoms with E-state index >= 15 is 0 Å². The van der Waals surface area contributed by atoms with Crippen LogP contribution in [0.1, 0.15) is 32.5 Å². The lowest BCUT2D eigenvalue weighted by Crippen LogP contribution is -1.99. The molecule has 0 unspecified atom stereocenters. The fraction of sp³-hybridized carbons (Fsp3) is 0.250. The lowest BCUT2D eigenvalue weighted by Gasteiger charge is -1.94. The number of carboxylic acids is 1. The molecule has 1 aromatic rings. The molecule has 1 aromatic heterocycles. The van der Waals surface area contributed by atoms with E-state index in [-0.39, 0.29) is 15.7 Å². The topological polar surface area (TPSA) is 80.4 Å². The summed E-state index contributed by atoms with van der Waals surface area (Å²) in [5, 5.41) is 9.01. The number of carbonyl (C=O) groups excluding carboxylic acids is 1. The molecular formula is C8H9NO3S. The second-order valence-electron chi connectivity index (χ2n) is 2.66. The van der Waals surface area contributed by atoms with Gasteiger partial charge in [-0.15, -0.1) is 11.3 Å². The maximum Gasteiger partial charge on any atom is 0.346 e. The van der Waals surface area contributed by atoms with Crippen molar-refractivity contribution in [1.29, 1.82) is 0 Å². The molecule has 1 rings (SSSR count). The standard InChI is InChI=1S/C8H9NO3S/c1-3-5(4(2)10)7(9)13-6(3)8(11)12/h9H2,1-2H3,(H,11,12). The van der Waals surface area contributed by atoms with Gasteiger partial charge in [0.2, 0.25) is 0 Å². The Morgan fingerprint density at radius 3 is 2.23 bits per heavy atom. The molecule has 13 heavy (non-hydrogen) atoms. The van der Waals surface area contributed by atoms with Gasteiger partial charge in [0.05, 0.1) is 10.6 Å².